The van der Waals surface area contributed by atoms with Crippen molar-refractivity contribution < 1.29 is 4.79 Å². The van der Waals surface area contributed by atoms with E-state index in [1.807, 2.05) is 6.07 Å². The molecule has 1 amide bonds. The zero-order valence-corrected chi connectivity index (χ0v) is 16.4. The summed E-state index contributed by atoms with van der Waals surface area (Å²) >= 11 is 1.52. The second kappa shape index (κ2) is 8.67. The molecule has 1 saturated heterocycles. The van der Waals surface area contributed by atoms with Gasteiger partial charge in [-0.05, 0) is 50.4 Å². The Morgan fingerprint density at radius 2 is 2.07 bits per heavy atom. The van der Waals surface area contributed by atoms with Crippen LogP contribution in [0, 0.1) is 0 Å². The number of carbonyl (C=O) groups is 1. The van der Waals surface area contributed by atoms with Crippen molar-refractivity contribution in [1.29, 1.82) is 0 Å². The fourth-order valence-electron chi connectivity index (χ4n) is 3.74. The van der Waals surface area contributed by atoms with Crippen LogP contribution in [-0.2, 0) is 17.8 Å². The molecule has 3 heterocycles. The summed E-state index contributed by atoms with van der Waals surface area (Å²) in [6.45, 7) is 3.22. The number of carbonyl (C=O) groups excluding carboxylic acids is 1. The van der Waals surface area contributed by atoms with E-state index in [0.717, 1.165) is 48.8 Å². The van der Waals surface area contributed by atoms with Gasteiger partial charge in [-0.15, -0.1) is 11.3 Å². The van der Waals surface area contributed by atoms with Crippen LogP contribution in [0.4, 0.5) is 5.13 Å². The van der Waals surface area contributed by atoms with Gasteiger partial charge in [-0.2, -0.15) is 0 Å². The molecule has 5 nitrogen and oxygen atoms in total. The summed E-state index contributed by atoms with van der Waals surface area (Å²) in [6, 6.07) is 8.29. The van der Waals surface area contributed by atoms with Crippen LogP contribution < -0.4 is 5.32 Å². The SMILES string of the molecule is O=C(CCCc1c[nH]c2ccccc12)Nc1nc(CN2CCCCC2)cs1. The average Bonchev–Trinajstić information content (AvgIpc) is 3.30. The first kappa shape index (κ1) is 18.2. The lowest BCUT2D eigenvalue weighted by Crippen LogP contribution is -2.29. The molecule has 4 rings (SSSR count). The van der Waals surface area contributed by atoms with Crippen LogP contribution in [0.5, 0.6) is 0 Å². The first-order valence-corrected chi connectivity index (χ1v) is 10.7. The minimum Gasteiger partial charge on any atom is -0.361 e. The number of H-pyrrole nitrogens is 1. The van der Waals surface area contributed by atoms with Gasteiger partial charge in [0.1, 0.15) is 0 Å². The number of nitrogens with zero attached hydrogens (tertiary/aromatic N) is 2. The molecule has 3 aromatic rings. The number of aryl methyl sites for hydroxylation is 1. The van der Waals surface area contributed by atoms with Crippen molar-refractivity contribution in [2.24, 2.45) is 0 Å². The van der Waals surface area contributed by atoms with Crippen molar-refractivity contribution in [3.05, 3.63) is 47.1 Å². The predicted molar refractivity (Wildman–Crippen MR) is 111 cm³/mol. The Kier molecular flexibility index (Phi) is 5.84. The third-order valence-electron chi connectivity index (χ3n) is 5.16. The zero-order valence-electron chi connectivity index (χ0n) is 15.5. The fourth-order valence-corrected chi connectivity index (χ4v) is 4.46. The largest absolute Gasteiger partial charge is 0.361 e. The van der Waals surface area contributed by atoms with Crippen molar-refractivity contribution >= 4 is 33.3 Å². The zero-order chi connectivity index (χ0) is 18.5. The van der Waals surface area contributed by atoms with Crippen LogP contribution >= 0.6 is 11.3 Å². The summed E-state index contributed by atoms with van der Waals surface area (Å²) in [6.07, 6.45) is 8.20. The van der Waals surface area contributed by atoms with Crippen LogP contribution in [-0.4, -0.2) is 33.9 Å². The number of amides is 1. The number of para-hydroxylation sites is 1. The molecular formula is C21H26N4OS. The third kappa shape index (κ3) is 4.76. The molecule has 2 aromatic heterocycles. The molecule has 0 radical (unpaired) electrons. The number of anilines is 1. The van der Waals surface area contributed by atoms with Crippen LogP contribution in [0.1, 0.15) is 43.4 Å². The molecule has 0 atom stereocenters. The highest BCUT2D eigenvalue weighted by Gasteiger charge is 2.13. The first-order chi connectivity index (χ1) is 13.3. The van der Waals surface area contributed by atoms with Gasteiger partial charge in [-0.25, -0.2) is 4.98 Å². The summed E-state index contributed by atoms with van der Waals surface area (Å²) in [7, 11) is 0. The molecule has 0 unspecified atom stereocenters. The van der Waals surface area contributed by atoms with Gasteiger partial charge < -0.3 is 10.3 Å². The molecule has 0 aliphatic carbocycles. The lowest BCUT2D eigenvalue weighted by atomic mass is 10.1. The van der Waals surface area contributed by atoms with Gasteiger partial charge in [-0.1, -0.05) is 24.6 Å². The van der Waals surface area contributed by atoms with Gasteiger partial charge >= 0.3 is 0 Å². The Bertz CT molecular complexity index is 894. The van der Waals surface area contributed by atoms with Crippen LogP contribution in [0.2, 0.25) is 0 Å². The van der Waals surface area contributed by atoms with Crippen molar-refractivity contribution in [1.82, 2.24) is 14.9 Å². The molecule has 1 aromatic carbocycles. The fraction of sp³-hybridized carbons (Fsp3) is 0.429. The first-order valence-electron chi connectivity index (χ1n) is 9.79. The second-order valence-electron chi connectivity index (χ2n) is 7.24. The van der Waals surface area contributed by atoms with E-state index in [2.05, 4.69) is 50.0 Å². The number of fused-ring (bicyclic) bond motifs is 1. The molecule has 0 saturated carbocycles. The number of piperidine rings is 1. The number of aromatic amines is 1. The summed E-state index contributed by atoms with van der Waals surface area (Å²) in [4.78, 5) is 22.6. The van der Waals surface area contributed by atoms with Gasteiger partial charge in [0, 0.05) is 35.4 Å². The Labute approximate surface area is 163 Å². The maximum absolute atomic E-state index is 12.2. The molecule has 27 heavy (non-hydrogen) atoms. The minimum absolute atomic E-state index is 0.0497. The summed E-state index contributed by atoms with van der Waals surface area (Å²) in [5.41, 5.74) is 3.49. The highest BCUT2D eigenvalue weighted by atomic mass is 32.1. The molecular weight excluding hydrogens is 356 g/mol. The molecule has 2 N–H and O–H groups in total. The lowest BCUT2D eigenvalue weighted by molar-refractivity contribution is -0.116. The van der Waals surface area contributed by atoms with Crippen molar-refractivity contribution in [3.8, 4) is 0 Å². The maximum atomic E-state index is 12.2. The smallest absolute Gasteiger partial charge is 0.226 e. The monoisotopic (exact) mass is 382 g/mol. The lowest BCUT2D eigenvalue weighted by Gasteiger charge is -2.25. The Hall–Kier alpha value is -2.18. The maximum Gasteiger partial charge on any atom is 0.226 e. The van der Waals surface area contributed by atoms with Gasteiger partial charge in [-0.3, -0.25) is 9.69 Å². The van der Waals surface area contributed by atoms with Crippen molar-refractivity contribution in [3.63, 3.8) is 0 Å². The van der Waals surface area contributed by atoms with E-state index in [9.17, 15) is 4.79 Å². The number of aromatic nitrogens is 2. The summed E-state index contributed by atoms with van der Waals surface area (Å²) in [5.74, 6) is 0.0497. The van der Waals surface area contributed by atoms with Gasteiger partial charge in [0.25, 0.3) is 0 Å². The van der Waals surface area contributed by atoms with E-state index in [4.69, 9.17) is 0 Å². The minimum atomic E-state index is 0.0497. The summed E-state index contributed by atoms with van der Waals surface area (Å²) in [5, 5.41) is 7.00. The van der Waals surface area contributed by atoms with E-state index < -0.39 is 0 Å². The van der Waals surface area contributed by atoms with Crippen LogP contribution in [0.15, 0.2) is 35.8 Å². The van der Waals surface area contributed by atoms with E-state index in [1.54, 1.807) is 0 Å². The molecule has 6 heteroatoms. The predicted octanol–water partition coefficient (Wildman–Crippen LogP) is 4.57. The second-order valence-corrected chi connectivity index (χ2v) is 8.10. The Morgan fingerprint density at radius 3 is 2.96 bits per heavy atom. The van der Waals surface area contributed by atoms with E-state index >= 15 is 0 Å². The Morgan fingerprint density at radius 1 is 1.22 bits per heavy atom. The van der Waals surface area contributed by atoms with E-state index in [-0.39, 0.29) is 5.91 Å². The van der Waals surface area contributed by atoms with Crippen molar-refractivity contribution in [2.75, 3.05) is 18.4 Å². The van der Waals surface area contributed by atoms with Gasteiger partial charge in [0.05, 0.1) is 5.69 Å². The highest BCUT2D eigenvalue weighted by molar-refractivity contribution is 7.13. The quantitative estimate of drug-likeness (QED) is 0.629. The average molecular weight is 383 g/mol. The molecule has 142 valence electrons. The molecule has 1 aliphatic rings. The summed E-state index contributed by atoms with van der Waals surface area (Å²) < 4.78 is 0. The topological polar surface area (TPSA) is 61.0 Å². The van der Waals surface area contributed by atoms with Gasteiger partial charge in [0.15, 0.2) is 5.13 Å². The van der Waals surface area contributed by atoms with Crippen LogP contribution in [0.3, 0.4) is 0 Å². The molecule has 1 fully saturated rings. The molecule has 0 bridgehead atoms. The number of hydrogen-bond acceptors (Lipinski definition) is 4. The normalized spacial score (nSPS) is 15.3. The van der Waals surface area contributed by atoms with E-state index in [0.29, 0.717) is 6.42 Å². The Balaban J connectivity index is 1.23. The number of thiazole rings is 1. The number of nitrogens with one attached hydrogen (secondary N) is 2. The molecule has 1 aliphatic heterocycles. The number of benzene rings is 1. The van der Waals surface area contributed by atoms with E-state index in [1.165, 1.54) is 41.5 Å². The number of rotatable bonds is 7. The highest BCUT2D eigenvalue weighted by Crippen LogP contribution is 2.21. The van der Waals surface area contributed by atoms with Gasteiger partial charge in [0.2, 0.25) is 5.91 Å². The molecule has 0 spiro atoms. The standard InChI is InChI=1S/C21H26N4OS/c26-20(10-6-7-16-13-22-19-9-3-2-8-18(16)19)24-21-23-17(15-27-21)14-25-11-4-1-5-12-25/h2-3,8-9,13,15,22H,1,4-7,10-12,14H2,(H,23,24,26). The van der Waals surface area contributed by atoms with Crippen LogP contribution in [0.25, 0.3) is 10.9 Å². The number of likely N-dealkylation sites (tertiary alicyclic amines) is 1. The van der Waals surface area contributed by atoms with Crippen molar-refractivity contribution in [2.45, 2.75) is 45.1 Å². The third-order valence-corrected chi connectivity index (χ3v) is 5.96. The number of hydrogen-bond donors (Lipinski definition) is 2.